The van der Waals surface area contributed by atoms with Crippen molar-refractivity contribution in [2.24, 2.45) is 0 Å². The van der Waals surface area contributed by atoms with Crippen LogP contribution in [-0.2, 0) is 4.79 Å². The lowest BCUT2D eigenvalue weighted by molar-refractivity contribution is -0.137. The van der Waals surface area contributed by atoms with Crippen molar-refractivity contribution >= 4 is 12.0 Å². The van der Waals surface area contributed by atoms with Gasteiger partial charge in [0.1, 0.15) is 0 Å². The van der Waals surface area contributed by atoms with Crippen molar-refractivity contribution in [2.75, 3.05) is 6.54 Å². The summed E-state index contributed by atoms with van der Waals surface area (Å²) in [5.41, 5.74) is 1.08. The topological polar surface area (TPSA) is 78.4 Å². The Morgan fingerprint density at radius 2 is 1.95 bits per heavy atom. The van der Waals surface area contributed by atoms with E-state index < -0.39 is 5.97 Å². The molecule has 1 rings (SSSR count). The van der Waals surface area contributed by atoms with Crippen LogP contribution in [-0.4, -0.2) is 23.7 Å². The summed E-state index contributed by atoms with van der Waals surface area (Å²) in [4.78, 5) is 22.1. The van der Waals surface area contributed by atoms with Crippen molar-refractivity contribution in [1.82, 2.24) is 10.6 Å². The molecule has 0 aliphatic carbocycles. The highest BCUT2D eigenvalue weighted by Gasteiger charge is 2.12. The number of hydrogen-bond donors (Lipinski definition) is 3. The Bertz CT molecular complexity index is 420. The van der Waals surface area contributed by atoms with Crippen LogP contribution < -0.4 is 10.6 Å². The number of amides is 2. The van der Waals surface area contributed by atoms with Gasteiger partial charge in [-0.15, -0.1) is 0 Å². The fraction of sp³-hybridized carbons (Fsp3) is 0.467. The molecule has 0 saturated heterocycles. The van der Waals surface area contributed by atoms with E-state index in [1.807, 2.05) is 30.3 Å². The maximum atomic E-state index is 11.8. The summed E-state index contributed by atoms with van der Waals surface area (Å²) in [6, 6.07) is 9.56. The number of aliphatic carboxylic acids is 1. The average Bonchev–Trinajstić information content (AvgIpc) is 2.44. The summed E-state index contributed by atoms with van der Waals surface area (Å²) in [7, 11) is 0. The van der Waals surface area contributed by atoms with E-state index >= 15 is 0 Å². The molecule has 20 heavy (non-hydrogen) atoms. The molecule has 0 aliphatic rings. The molecule has 5 nitrogen and oxygen atoms in total. The molecular weight excluding hydrogens is 256 g/mol. The number of carbonyl (C=O) groups excluding carboxylic acids is 1. The van der Waals surface area contributed by atoms with Gasteiger partial charge in [0.2, 0.25) is 0 Å². The standard InChI is InChI=1S/C15H22N2O3/c1-2-7-13(12-8-4-3-5-9-12)17-15(20)16-11-6-10-14(18)19/h3-5,8-9,13H,2,6-7,10-11H2,1H3,(H,18,19)(H2,16,17,20). The van der Waals surface area contributed by atoms with Gasteiger partial charge in [0, 0.05) is 13.0 Å². The third-order valence-electron chi connectivity index (χ3n) is 2.94. The molecule has 0 bridgehead atoms. The Morgan fingerprint density at radius 3 is 2.55 bits per heavy atom. The smallest absolute Gasteiger partial charge is 0.315 e. The zero-order valence-electron chi connectivity index (χ0n) is 11.8. The van der Waals surface area contributed by atoms with Crippen molar-refractivity contribution in [3.63, 3.8) is 0 Å². The Morgan fingerprint density at radius 1 is 1.25 bits per heavy atom. The van der Waals surface area contributed by atoms with Gasteiger partial charge in [0.05, 0.1) is 6.04 Å². The van der Waals surface area contributed by atoms with Gasteiger partial charge in [-0.05, 0) is 18.4 Å². The first-order valence-corrected chi connectivity index (χ1v) is 6.94. The van der Waals surface area contributed by atoms with E-state index in [1.54, 1.807) is 0 Å². The highest BCUT2D eigenvalue weighted by atomic mass is 16.4. The average molecular weight is 278 g/mol. The minimum absolute atomic E-state index is 0.0133. The third kappa shape index (κ3) is 6.22. The summed E-state index contributed by atoms with van der Waals surface area (Å²) in [5.74, 6) is -0.847. The molecule has 1 aromatic carbocycles. The summed E-state index contributed by atoms with van der Waals surface area (Å²) in [5, 5.41) is 14.1. The molecule has 5 heteroatoms. The first-order valence-electron chi connectivity index (χ1n) is 6.94. The largest absolute Gasteiger partial charge is 0.481 e. The second-order valence-electron chi connectivity index (χ2n) is 4.65. The molecule has 1 unspecified atom stereocenters. The zero-order chi connectivity index (χ0) is 14.8. The molecule has 0 aliphatic heterocycles. The van der Waals surface area contributed by atoms with Gasteiger partial charge in [0.25, 0.3) is 0 Å². The van der Waals surface area contributed by atoms with Crippen LogP contribution in [0, 0.1) is 0 Å². The van der Waals surface area contributed by atoms with E-state index in [0.717, 1.165) is 18.4 Å². The zero-order valence-corrected chi connectivity index (χ0v) is 11.8. The normalized spacial score (nSPS) is 11.7. The van der Waals surface area contributed by atoms with Crippen molar-refractivity contribution in [3.8, 4) is 0 Å². The number of hydrogen-bond acceptors (Lipinski definition) is 2. The number of benzene rings is 1. The van der Waals surface area contributed by atoms with E-state index in [2.05, 4.69) is 17.6 Å². The minimum atomic E-state index is -0.847. The van der Waals surface area contributed by atoms with E-state index in [1.165, 1.54) is 0 Å². The van der Waals surface area contributed by atoms with Crippen LogP contribution in [0.1, 0.15) is 44.2 Å². The number of carbonyl (C=O) groups is 2. The van der Waals surface area contributed by atoms with E-state index in [0.29, 0.717) is 13.0 Å². The SMILES string of the molecule is CCCC(NC(=O)NCCCC(=O)O)c1ccccc1. The number of rotatable bonds is 8. The van der Waals surface area contributed by atoms with Crippen LogP contribution in [0.3, 0.4) is 0 Å². The highest BCUT2D eigenvalue weighted by Crippen LogP contribution is 2.17. The Labute approximate surface area is 119 Å². The Hall–Kier alpha value is -2.04. The van der Waals surface area contributed by atoms with Gasteiger partial charge >= 0.3 is 12.0 Å². The second kappa shape index (κ2) is 8.96. The van der Waals surface area contributed by atoms with Gasteiger partial charge in [-0.25, -0.2) is 4.79 Å². The summed E-state index contributed by atoms with van der Waals surface area (Å²) in [6.45, 7) is 2.44. The van der Waals surface area contributed by atoms with Gasteiger partial charge in [-0.2, -0.15) is 0 Å². The maximum absolute atomic E-state index is 11.8. The number of carboxylic acid groups (broad SMARTS) is 1. The first kappa shape index (κ1) is 16.0. The molecule has 0 aromatic heterocycles. The minimum Gasteiger partial charge on any atom is -0.481 e. The lowest BCUT2D eigenvalue weighted by Gasteiger charge is -2.19. The molecule has 1 aromatic rings. The van der Waals surface area contributed by atoms with Crippen molar-refractivity contribution in [1.29, 1.82) is 0 Å². The van der Waals surface area contributed by atoms with Crippen LogP contribution in [0.2, 0.25) is 0 Å². The molecule has 0 spiro atoms. The fourth-order valence-electron chi connectivity index (χ4n) is 1.95. The van der Waals surface area contributed by atoms with Crippen LogP contribution in [0.5, 0.6) is 0 Å². The van der Waals surface area contributed by atoms with Crippen LogP contribution in [0.4, 0.5) is 4.79 Å². The van der Waals surface area contributed by atoms with Gasteiger partial charge < -0.3 is 15.7 Å². The molecule has 2 amide bonds. The van der Waals surface area contributed by atoms with Crippen LogP contribution in [0.25, 0.3) is 0 Å². The monoisotopic (exact) mass is 278 g/mol. The van der Waals surface area contributed by atoms with Crippen LogP contribution in [0.15, 0.2) is 30.3 Å². The summed E-state index contributed by atoms with van der Waals surface area (Å²) >= 11 is 0. The van der Waals surface area contributed by atoms with E-state index in [-0.39, 0.29) is 18.5 Å². The Kier molecular flexibility index (Phi) is 7.17. The van der Waals surface area contributed by atoms with Crippen molar-refractivity contribution in [3.05, 3.63) is 35.9 Å². The molecule has 1 atom stereocenters. The molecule has 0 saturated carbocycles. The Balaban J connectivity index is 2.41. The van der Waals surface area contributed by atoms with Gasteiger partial charge in [0.15, 0.2) is 0 Å². The molecular formula is C15H22N2O3. The molecule has 110 valence electrons. The first-order chi connectivity index (χ1) is 9.63. The lowest BCUT2D eigenvalue weighted by Crippen LogP contribution is -2.38. The van der Waals surface area contributed by atoms with E-state index in [9.17, 15) is 9.59 Å². The van der Waals surface area contributed by atoms with E-state index in [4.69, 9.17) is 5.11 Å². The van der Waals surface area contributed by atoms with Crippen molar-refractivity contribution in [2.45, 2.75) is 38.6 Å². The van der Waals surface area contributed by atoms with Gasteiger partial charge in [-0.1, -0.05) is 43.7 Å². The predicted octanol–water partition coefficient (Wildman–Crippen LogP) is 2.69. The number of nitrogens with one attached hydrogen (secondary N) is 2. The third-order valence-corrected chi connectivity index (χ3v) is 2.94. The predicted molar refractivity (Wildman–Crippen MR) is 77.5 cm³/mol. The quantitative estimate of drug-likeness (QED) is 0.640. The molecule has 3 N–H and O–H groups in total. The lowest BCUT2D eigenvalue weighted by atomic mass is 10.0. The van der Waals surface area contributed by atoms with Crippen LogP contribution >= 0.6 is 0 Å². The molecule has 0 fully saturated rings. The number of carboxylic acids is 1. The highest BCUT2D eigenvalue weighted by molar-refractivity contribution is 5.74. The summed E-state index contributed by atoms with van der Waals surface area (Å²) in [6.07, 6.45) is 2.34. The fourth-order valence-corrected chi connectivity index (χ4v) is 1.95. The van der Waals surface area contributed by atoms with Crippen molar-refractivity contribution < 1.29 is 14.7 Å². The summed E-state index contributed by atoms with van der Waals surface area (Å²) < 4.78 is 0. The molecule has 0 heterocycles. The molecule has 0 radical (unpaired) electrons. The van der Waals surface area contributed by atoms with Gasteiger partial charge in [-0.3, -0.25) is 4.79 Å². The number of urea groups is 1. The second-order valence-corrected chi connectivity index (χ2v) is 4.65. The maximum Gasteiger partial charge on any atom is 0.315 e.